The SMILES string of the molecule is CC1CSC(CCn2ccnc2)(c2ccc(Cl)cc2Cl)S1. The van der Waals surface area contributed by atoms with Gasteiger partial charge in [0.25, 0.3) is 0 Å². The third-order valence-electron chi connectivity index (χ3n) is 3.54. The van der Waals surface area contributed by atoms with Crippen molar-refractivity contribution in [1.82, 2.24) is 9.55 Å². The van der Waals surface area contributed by atoms with Gasteiger partial charge >= 0.3 is 0 Å². The van der Waals surface area contributed by atoms with Crippen LogP contribution >= 0.6 is 46.7 Å². The topological polar surface area (TPSA) is 17.8 Å². The molecule has 0 bridgehead atoms. The molecule has 0 amide bonds. The number of halogens is 2. The van der Waals surface area contributed by atoms with E-state index in [-0.39, 0.29) is 4.08 Å². The molecule has 2 unspecified atom stereocenters. The zero-order valence-electron chi connectivity index (χ0n) is 11.6. The Morgan fingerprint density at radius 3 is 2.90 bits per heavy atom. The first-order valence-electron chi connectivity index (χ1n) is 6.82. The normalized spacial score (nSPS) is 25.4. The number of aryl methyl sites for hydroxylation is 1. The summed E-state index contributed by atoms with van der Waals surface area (Å²) in [6, 6.07) is 5.87. The molecular weight excluding hydrogens is 343 g/mol. The highest BCUT2D eigenvalue weighted by Crippen LogP contribution is 2.58. The maximum atomic E-state index is 6.48. The van der Waals surface area contributed by atoms with Gasteiger partial charge in [-0.15, -0.1) is 23.5 Å². The summed E-state index contributed by atoms with van der Waals surface area (Å²) in [5.41, 5.74) is 1.19. The van der Waals surface area contributed by atoms with Crippen LogP contribution in [0.5, 0.6) is 0 Å². The van der Waals surface area contributed by atoms with Crippen molar-refractivity contribution in [3.8, 4) is 0 Å². The monoisotopic (exact) mass is 358 g/mol. The number of rotatable bonds is 4. The summed E-state index contributed by atoms with van der Waals surface area (Å²) in [5, 5.41) is 2.08. The molecule has 1 aliphatic heterocycles. The van der Waals surface area contributed by atoms with Crippen LogP contribution in [0.4, 0.5) is 0 Å². The van der Waals surface area contributed by atoms with Gasteiger partial charge in [0.05, 0.1) is 10.4 Å². The van der Waals surface area contributed by atoms with Crippen molar-refractivity contribution >= 4 is 46.7 Å². The summed E-state index contributed by atoms with van der Waals surface area (Å²) < 4.78 is 2.13. The van der Waals surface area contributed by atoms with E-state index in [0.717, 1.165) is 23.7 Å². The average molecular weight is 359 g/mol. The van der Waals surface area contributed by atoms with Crippen LogP contribution in [-0.4, -0.2) is 20.6 Å². The van der Waals surface area contributed by atoms with Gasteiger partial charge in [-0.25, -0.2) is 4.98 Å². The molecule has 2 aromatic rings. The molecule has 2 atom stereocenters. The lowest BCUT2D eigenvalue weighted by Gasteiger charge is -2.29. The Labute approximate surface area is 143 Å². The lowest BCUT2D eigenvalue weighted by molar-refractivity contribution is 0.614. The molecule has 0 aliphatic carbocycles. The standard InChI is InChI=1S/C15H16Cl2N2S2/c1-11-9-20-15(21-11,4-6-19-7-5-18-10-19)13-3-2-12(16)8-14(13)17/h2-3,5,7-8,10-11H,4,6,9H2,1H3. The van der Waals surface area contributed by atoms with Crippen molar-refractivity contribution in [2.75, 3.05) is 5.75 Å². The summed E-state index contributed by atoms with van der Waals surface area (Å²) in [7, 11) is 0. The fourth-order valence-electron chi connectivity index (χ4n) is 2.55. The molecule has 1 aromatic carbocycles. The van der Waals surface area contributed by atoms with Gasteiger partial charge in [-0.05, 0) is 24.1 Å². The van der Waals surface area contributed by atoms with E-state index >= 15 is 0 Å². The van der Waals surface area contributed by atoms with E-state index in [4.69, 9.17) is 23.2 Å². The van der Waals surface area contributed by atoms with Gasteiger partial charge in [-0.1, -0.05) is 36.2 Å². The Balaban J connectivity index is 1.89. The van der Waals surface area contributed by atoms with E-state index < -0.39 is 0 Å². The van der Waals surface area contributed by atoms with Gasteiger partial charge in [0.2, 0.25) is 0 Å². The lowest BCUT2D eigenvalue weighted by atomic mass is 10.1. The Kier molecular flexibility index (Phi) is 4.79. The van der Waals surface area contributed by atoms with Crippen molar-refractivity contribution in [1.29, 1.82) is 0 Å². The van der Waals surface area contributed by atoms with Gasteiger partial charge < -0.3 is 4.57 Å². The predicted molar refractivity (Wildman–Crippen MR) is 94.5 cm³/mol. The minimum absolute atomic E-state index is 0.00532. The minimum atomic E-state index is 0.00532. The molecule has 0 radical (unpaired) electrons. The highest BCUT2D eigenvalue weighted by molar-refractivity contribution is 8.21. The Morgan fingerprint density at radius 2 is 2.29 bits per heavy atom. The number of imidazole rings is 1. The number of aromatic nitrogens is 2. The molecule has 2 heterocycles. The zero-order chi connectivity index (χ0) is 14.9. The minimum Gasteiger partial charge on any atom is -0.337 e. The Hall–Kier alpha value is -0.290. The summed E-state index contributed by atoms with van der Waals surface area (Å²) in [6.07, 6.45) is 6.71. The first-order valence-corrected chi connectivity index (χ1v) is 9.44. The van der Waals surface area contributed by atoms with E-state index in [1.165, 1.54) is 5.56 Å². The Bertz CT molecular complexity index is 618. The summed E-state index contributed by atoms with van der Waals surface area (Å²) >= 11 is 16.5. The molecule has 21 heavy (non-hydrogen) atoms. The van der Waals surface area contributed by atoms with E-state index in [1.54, 1.807) is 0 Å². The molecule has 1 aromatic heterocycles. The van der Waals surface area contributed by atoms with E-state index in [2.05, 4.69) is 22.5 Å². The van der Waals surface area contributed by atoms with Crippen molar-refractivity contribution in [3.05, 3.63) is 52.5 Å². The number of thioether (sulfide) groups is 2. The van der Waals surface area contributed by atoms with Crippen LogP contribution < -0.4 is 0 Å². The number of nitrogens with zero attached hydrogens (tertiary/aromatic N) is 2. The lowest BCUT2D eigenvalue weighted by Crippen LogP contribution is -2.18. The molecule has 3 rings (SSSR count). The highest BCUT2D eigenvalue weighted by atomic mass is 35.5. The first kappa shape index (κ1) is 15.6. The van der Waals surface area contributed by atoms with Crippen LogP contribution in [-0.2, 0) is 10.6 Å². The van der Waals surface area contributed by atoms with Crippen LogP contribution in [0.2, 0.25) is 10.0 Å². The third-order valence-corrected chi connectivity index (χ3v) is 7.87. The second-order valence-corrected chi connectivity index (χ2v) is 9.33. The molecule has 1 fully saturated rings. The van der Waals surface area contributed by atoms with Gasteiger partial charge in [0.1, 0.15) is 0 Å². The van der Waals surface area contributed by atoms with Crippen LogP contribution in [0.15, 0.2) is 36.9 Å². The largest absolute Gasteiger partial charge is 0.337 e. The summed E-state index contributed by atoms with van der Waals surface area (Å²) in [5.74, 6) is 1.15. The predicted octanol–water partition coefficient (Wildman–Crippen LogP) is 5.30. The van der Waals surface area contributed by atoms with Crippen molar-refractivity contribution < 1.29 is 0 Å². The first-order chi connectivity index (χ1) is 10.1. The maximum Gasteiger partial charge on any atom is 0.0945 e. The fourth-order valence-corrected chi connectivity index (χ4v) is 6.91. The second kappa shape index (κ2) is 6.45. The van der Waals surface area contributed by atoms with Gasteiger partial charge in [0.15, 0.2) is 0 Å². The highest BCUT2D eigenvalue weighted by Gasteiger charge is 2.41. The van der Waals surface area contributed by atoms with E-state index in [0.29, 0.717) is 10.3 Å². The summed E-state index contributed by atoms with van der Waals surface area (Å²) in [6.45, 7) is 3.21. The summed E-state index contributed by atoms with van der Waals surface area (Å²) in [4.78, 5) is 4.11. The second-order valence-electron chi connectivity index (χ2n) is 5.17. The molecule has 2 nitrogen and oxygen atoms in total. The molecule has 0 saturated carbocycles. The van der Waals surface area contributed by atoms with Gasteiger partial charge in [-0.3, -0.25) is 0 Å². The molecule has 1 saturated heterocycles. The molecular formula is C15H16Cl2N2S2. The number of benzene rings is 1. The van der Waals surface area contributed by atoms with Crippen LogP contribution in [0.3, 0.4) is 0 Å². The zero-order valence-corrected chi connectivity index (χ0v) is 14.8. The van der Waals surface area contributed by atoms with Crippen molar-refractivity contribution in [2.24, 2.45) is 0 Å². The van der Waals surface area contributed by atoms with E-state index in [9.17, 15) is 0 Å². The molecule has 1 aliphatic rings. The quantitative estimate of drug-likeness (QED) is 0.738. The average Bonchev–Trinajstić information content (AvgIpc) is 3.07. The van der Waals surface area contributed by atoms with Gasteiger partial charge in [0, 0.05) is 40.0 Å². The molecule has 6 heteroatoms. The fraction of sp³-hybridized carbons (Fsp3) is 0.400. The van der Waals surface area contributed by atoms with Gasteiger partial charge in [-0.2, -0.15) is 0 Å². The molecule has 0 N–H and O–H groups in total. The molecule has 0 spiro atoms. The third kappa shape index (κ3) is 3.39. The van der Waals surface area contributed by atoms with Crippen LogP contribution in [0.1, 0.15) is 18.9 Å². The maximum absolute atomic E-state index is 6.48. The van der Waals surface area contributed by atoms with Crippen LogP contribution in [0, 0.1) is 0 Å². The van der Waals surface area contributed by atoms with Crippen molar-refractivity contribution in [3.63, 3.8) is 0 Å². The smallest absolute Gasteiger partial charge is 0.0945 e. The Morgan fingerprint density at radius 1 is 1.43 bits per heavy atom. The molecule has 112 valence electrons. The van der Waals surface area contributed by atoms with E-state index in [1.807, 2.05) is 54.4 Å². The number of hydrogen-bond acceptors (Lipinski definition) is 3. The van der Waals surface area contributed by atoms with Crippen molar-refractivity contribution in [2.45, 2.75) is 29.2 Å². The number of hydrogen-bond donors (Lipinski definition) is 0. The van der Waals surface area contributed by atoms with Crippen LogP contribution in [0.25, 0.3) is 0 Å².